The maximum Gasteiger partial charge on any atom is 0.253 e. The van der Waals surface area contributed by atoms with Gasteiger partial charge in [-0.05, 0) is 54.4 Å². The molecule has 2 aliphatic heterocycles. The minimum absolute atomic E-state index is 0.0505. The number of rotatable bonds is 7. The molecular formula is C32H36ClN3O5. The van der Waals surface area contributed by atoms with Gasteiger partial charge >= 0.3 is 0 Å². The van der Waals surface area contributed by atoms with Crippen LogP contribution in [0, 0.1) is 12.8 Å². The molecule has 0 N–H and O–H groups in total. The van der Waals surface area contributed by atoms with Crippen molar-refractivity contribution in [1.29, 1.82) is 0 Å². The van der Waals surface area contributed by atoms with Crippen LogP contribution in [0.4, 0.5) is 5.69 Å². The fraction of sp³-hybridized carbons (Fsp3) is 0.375. The van der Waals surface area contributed by atoms with Crippen LogP contribution in [-0.2, 0) is 4.79 Å². The number of hydrogen-bond donors (Lipinski definition) is 0. The molecule has 0 spiro atoms. The van der Waals surface area contributed by atoms with Crippen molar-refractivity contribution in [3.63, 3.8) is 0 Å². The number of halogens is 1. The molecule has 9 heteroatoms. The Balaban J connectivity index is 1.43. The van der Waals surface area contributed by atoms with Crippen molar-refractivity contribution in [3.05, 3.63) is 82.4 Å². The first-order valence-electron chi connectivity index (χ1n) is 13.8. The molecule has 0 bridgehead atoms. The molecule has 3 aromatic carbocycles. The lowest BCUT2D eigenvalue weighted by Crippen LogP contribution is -2.51. The maximum atomic E-state index is 14.1. The average Bonchev–Trinajstić information content (AvgIpc) is 3.45. The monoisotopic (exact) mass is 577 g/mol. The van der Waals surface area contributed by atoms with E-state index >= 15 is 0 Å². The summed E-state index contributed by atoms with van der Waals surface area (Å²) in [4.78, 5) is 33.7. The quantitative estimate of drug-likeness (QED) is 0.399. The molecule has 0 radical (unpaired) electrons. The first kappa shape index (κ1) is 28.6. The van der Waals surface area contributed by atoms with Gasteiger partial charge in [-0.1, -0.05) is 35.9 Å². The summed E-state index contributed by atoms with van der Waals surface area (Å²) in [6, 6.07) is 19.0. The Morgan fingerprint density at radius 2 is 1.49 bits per heavy atom. The third-order valence-corrected chi connectivity index (χ3v) is 8.39. The highest BCUT2D eigenvalue weighted by Crippen LogP contribution is 2.44. The van der Waals surface area contributed by atoms with E-state index in [1.54, 1.807) is 50.5 Å². The average molecular weight is 578 g/mol. The molecule has 0 aromatic heterocycles. The molecule has 2 fully saturated rings. The van der Waals surface area contributed by atoms with Gasteiger partial charge in [0.25, 0.3) is 5.91 Å². The normalized spacial score (nSPS) is 18.8. The predicted octanol–water partition coefficient (Wildman–Crippen LogP) is 4.88. The van der Waals surface area contributed by atoms with Crippen LogP contribution in [0.25, 0.3) is 0 Å². The van der Waals surface area contributed by atoms with Gasteiger partial charge in [0.05, 0.1) is 27.2 Å². The van der Waals surface area contributed by atoms with Crippen LogP contribution >= 0.6 is 11.6 Å². The first-order valence-corrected chi connectivity index (χ1v) is 14.2. The second-order valence-corrected chi connectivity index (χ2v) is 10.9. The topological polar surface area (TPSA) is 71.6 Å². The van der Waals surface area contributed by atoms with Crippen LogP contribution in [0.3, 0.4) is 0 Å². The molecule has 2 aliphatic rings. The molecule has 5 rings (SSSR count). The van der Waals surface area contributed by atoms with Crippen LogP contribution in [0.15, 0.2) is 60.7 Å². The highest BCUT2D eigenvalue weighted by atomic mass is 35.5. The van der Waals surface area contributed by atoms with Gasteiger partial charge in [0.2, 0.25) is 11.7 Å². The van der Waals surface area contributed by atoms with E-state index < -0.39 is 5.92 Å². The van der Waals surface area contributed by atoms with Crippen molar-refractivity contribution in [2.24, 2.45) is 5.92 Å². The summed E-state index contributed by atoms with van der Waals surface area (Å²) in [5.41, 5.74) is 3.79. The zero-order chi connectivity index (χ0) is 29.1. The molecule has 41 heavy (non-hydrogen) atoms. The van der Waals surface area contributed by atoms with E-state index in [0.717, 1.165) is 18.7 Å². The smallest absolute Gasteiger partial charge is 0.253 e. The van der Waals surface area contributed by atoms with E-state index in [-0.39, 0.29) is 17.7 Å². The number of anilines is 1. The summed E-state index contributed by atoms with van der Waals surface area (Å²) in [6.45, 7) is 5.54. The Hall–Kier alpha value is -3.91. The van der Waals surface area contributed by atoms with E-state index in [1.165, 1.54) is 11.3 Å². The van der Waals surface area contributed by atoms with Crippen molar-refractivity contribution in [2.75, 3.05) is 65.5 Å². The van der Waals surface area contributed by atoms with Crippen molar-refractivity contribution in [2.45, 2.75) is 12.8 Å². The number of piperazine rings is 1. The summed E-state index contributed by atoms with van der Waals surface area (Å²) in [5, 5.41) is 0.496. The largest absolute Gasteiger partial charge is 0.493 e. The number of carbonyl (C=O) groups excluding carboxylic acids is 2. The fourth-order valence-corrected chi connectivity index (χ4v) is 6.19. The molecule has 2 amide bonds. The minimum Gasteiger partial charge on any atom is -0.493 e. The third kappa shape index (κ3) is 5.79. The lowest BCUT2D eigenvalue weighted by atomic mass is 9.87. The molecule has 2 unspecified atom stereocenters. The summed E-state index contributed by atoms with van der Waals surface area (Å²) in [6.07, 6.45) is 0. The van der Waals surface area contributed by atoms with Crippen molar-refractivity contribution >= 4 is 29.1 Å². The Kier molecular flexibility index (Phi) is 8.59. The Morgan fingerprint density at radius 3 is 2.10 bits per heavy atom. The number of ether oxygens (including phenoxy) is 3. The molecule has 216 valence electrons. The maximum absolute atomic E-state index is 14.1. The van der Waals surface area contributed by atoms with Gasteiger partial charge in [-0.25, -0.2) is 0 Å². The summed E-state index contributed by atoms with van der Waals surface area (Å²) in [5.74, 6) is 0.733. The van der Waals surface area contributed by atoms with E-state index in [0.29, 0.717) is 54.0 Å². The second kappa shape index (κ2) is 12.3. The molecule has 2 saturated heterocycles. The number of amides is 2. The number of nitrogens with zero attached hydrogens (tertiary/aromatic N) is 3. The standard InChI is InChI=1S/C32H36ClN3O5/c1-21-8-5-6-11-27(21)34-12-14-35(15-13-34)32(38)26-20-36(31(37)22-9-7-10-24(33)16-22)19-25(26)23-17-28(39-2)30(41-4)29(18-23)40-3/h5-11,16-18,25-26H,12-15,19-20H2,1-4H3. The van der Waals surface area contributed by atoms with Crippen molar-refractivity contribution < 1.29 is 23.8 Å². The van der Waals surface area contributed by atoms with Gasteiger partial charge < -0.3 is 28.9 Å². The number of methoxy groups -OCH3 is 3. The number of likely N-dealkylation sites (tertiary alicyclic amines) is 1. The van der Waals surface area contributed by atoms with Gasteiger partial charge in [-0.15, -0.1) is 0 Å². The zero-order valence-electron chi connectivity index (χ0n) is 23.9. The molecule has 0 aliphatic carbocycles. The van der Waals surface area contributed by atoms with E-state index in [2.05, 4.69) is 24.0 Å². The molecule has 8 nitrogen and oxygen atoms in total. The van der Waals surface area contributed by atoms with Gasteiger partial charge in [0.1, 0.15) is 0 Å². The molecular weight excluding hydrogens is 542 g/mol. The van der Waals surface area contributed by atoms with Gasteiger partial charge in [0, 0.05) is 61.5 Å². The molecule has 0 saturated carbocycles. The summed E-state index contributed by atoms with van der Waals surface area (Å²) < 4.78 is 16.7. The molecule has 3 aromatic rings. The Labute approximate surface area is 246 Å². The zero-order valence-corrected chi connectivity index (χ0v) is 24.7. The van der Waals surface area contributed by atoms with E-state index in [9.17, 15) is 9.59 Å². The lowest BCUT2D eigenvalue weighted by molar-refractivity contribution is -0.135. The van der Waals surface area contributed by atoms with E-state index in [1.807, 2.05) is 29.2 Å². The SMILES string of the molecule is COc1cc(C2CN(C(=O)c3cccc(Cl)c3)CC2C(=O)N2CCN(c3ccccc3C)CC2)cc(OC)c1OC. The van der Waals surface area contributed by atoms with Crippen molar-refractivity contribution in [3.8, 4) is 17.2 Å². The van der Waals surface area contributed by atoms with Crippen LogP contribution in [-0.4, -0.2) is 82.2 Å². The van der Waals surface area contributed by atoms with Crippen LogP contribution in [0.5, 0.6) is 17.2 Å². The van der Waals surface area contributed by atoms with E-state index in [4.69, 9.17) is 25.8 Å². The number of benzene rings is 3. The number of hydrogen-bond acceptors (Lipinski definition) is 6. The highest BCUT2D eigenvalue weighted by Gasteiger charge is 2.43. The number of para-hydroxylation sites is 1. The lowest BCUT2D eigenvalue weighted by Gasteiger charge is -2.38. The minimum atomic E-state index is -0.425. The number of aryl methyl sites for hydroxylation is 1. The van der Waals surface area contributed by atoms with Crippen LogP contribution < -0.4 is 19.1 Å². The molecule has 2 atom stereocenters. The van der Waals surface area contributed by atoms with Gasteiger partial charge in [-0.2, -0.15) is 0 Å². The van der Waals surface area contributed by atoms with Crippen LogP contribution in [0.2, 0.25) is 5.02 Å². The summed E-state index contributed by atoms with van der Waals surface area (Å²) in [7, 11) is 4.70. The second-order valence-electron chi connectivity index (χ2n) is 10.5. The van der Waals surface area contributed by atoms with Gasteiger partial charge in [0.15, 0.2) is 11.5 Å². The predicted molar refractivity (Wildman–Crippen MR) is 160 cm³/mol. The first-order chi connectivity index (χ1) is 19.8. The highest BCUT2D eigenvalue weighted by molar-refractivity contribution is 6.31. The van der Waals surface area contributed by atoms with Gasteiger partial charge in [-0.3, -0.25) is 9.59 Å². The van der Waals surface area contributed by atoms with Crippen LogP contribution in [0.1, 0.15) is 27.4 Å². The summed E-state index contributed by atoms with van der Waals surface area (Å²) >= 11 is 6.19. The third-order valence-electron chi connectivity index (χ3n) is 8.16. The molecule has 2 heterocycles. The Morgan fingerprint density at radius 1 is 0.805 bits per heavy atom. The Bertz CT molecular complexity index is 1400. The van der Waals surface area contributed by atoms with Crippen molar-refractivity contribution in [1.82, 2.24) is 9.80 Å². The fourth-order valence-electron chi connectivity index (χ4n) is 6.00. The number of carbonyl (C=O) groups is 2.